The molecule has 3 rings (SSSR count). The third-order valence-corrected chi connectivity index (χ3v) is 5.74. The van der Waals surface area contributed by atoms with Crippen molar-refractivity contribution in [3.8, 4) is 0 Å². The highest BCUT2D eigenvalue weighted by Gasteiger charge is 2.42. The van der Waals surface area contributed by atoms with Crippen LogP contribution in [-0.2, 0) is 5.60 Å². The Labute approximate surface area is 152 Å². The van der Waals surface area contributed by atoms with Crippen molar-refractivity contribution < 1.29 is 5.11 Å². The molecule has 2 heteroatoms. The van der Waals surface area contributed by atoms with Crippen LogP contribution < -0.4 is 0 Å². The molecule has 2 nitrogen and oxygen atoms in total. The fraction of sp³-hybridized carbons (Fsp3) is 0.478. The van der Waals surface area contributed by atoms with E-state index in [0.717, 1.165) is 25.2 Å². The number of rotatable bonds is 6. The minimum atomic E-state index is -0.875. The summed E-state index contributed by atoms with van der Waals surface area (Å²) in [6.07, 6.45) is 3.87. The van der Waals surface area contributed by atoms with E-state index in [4.69, 9.17) is 0 Å². The summed E-state index contributed by atoms with van der Waals surface area (Å²) >= 11 is 0. The molecule has 0 spiro atoms. The lowest BCUT2D eigenvalue weighted by atomic mass is 9.70. The SMILES string of the molecule is CC(C)C(O)(c1ccccc1)C(CN1CCCCC1)c1ccccc1. The number of hydrogen-bond acceptors (Lipinski definition) is 2. The molecular formula is C23H31NO. The Morgan fingerprint density at radius 2 is 1.44 bits per heavy atom. The Kier molecular flexibility index (Phi) is 5.93. The van der Waals surface area contributed by atoms with Gasteiger partial charge in [0, 0.05) is 12.5 Å². The van der Waals surface area contributed by atoms with Crippen molar-refractivity contribution in [2.45, 2.75) is 44.6 Å². The summed E-state index contributed by atoms with van der Waals surface area (Å²) in [7, 11) is 0. The second kappa shape index (κ2) is 8.16. The second-order valence-corrected chi connectivity index (χ2v) is 7.67. The van der Waals surface area contributed by atoms with Gasteiger partial charge < -0.3 is 10.0 Å². The number of piperidine rings is 1. The van der Waals surface area contributed by atoms with Gasteiger partial charge in [0.1, 0.15) is 0 Å². The molecule has 1 fully saturated rings. The van der Waals surface area contributed by atoms with Crippen molar-refractivity contribution in [3.63, 3.8) is 0 Å². The molecule has 0 saturated carbocycles. The van der Waals surface area contributed by atoms with Crippen molar-refractivity contribution in [1.29, 1.82) is 0 Å². The molecule has 1 saturated heterocycles. The Balaban J connectivity index is 2.01. The number of hydrogen-bond donors (Lipinski definition) is 1. The molecule has 0 aliphatic carbocycles. The van der Waals surface area contributed by atoms with E-state index in [1.165, 1.54) is 24.8 Å². The summed E-state index contributed by atoms with van der Waals surface area (Å²) in [5, 5.41) is 12.0. The van der Waals surface area contributed by atoms with Crippen molar-refractivity contribution >= 4 is 0 Å². The van der Waals surface area contributed by atoms with Crippen molar-refractivity contribution in [2.75, 3.05) is 19.6 Å². The Bertz CT molecular complexity index is 634. The highest BCUT2D eigenvalue weighted by Crippen LogP contribution is 2.43. The number of likely N-dealkylation sites (tertiary alicyclic amines) is 1. The first-order valence-electron chi connectivity index (χ1n) is 9.67. The predicted molar refractivity (Wildman–Crippen MR) is 105 cm³/mol. The third kappa shape index (κ3) is 3.96. The number of aliphatic hydroxyl groups is 1. The van der Waals surface area contributed by atoms with Gasteiger partial charge in [-0.2, -0.15) is 0 Å². The second-order valence-electron chi connectivity index (χ2n) is 7.67. The van der Waals surface area contributed by atoms with Gasteiger partial charge in [0.2, 0.25) is 0 Å². The van der Waals surface area contributed by atoms with Crippen LogP contribution >= 0.6 is 0 Å². The van der Waals surface area contributed by atoms with Crippen LogP contribution in [0.1, 0.15) is 50.2 Å². The summed E-state index contributed by atoms with van der Waals surface area (Å²) in [6.45, 7) is 7.48. The molecule has 1 N–H and O–H groups in total. The topological polar surface area (TPSA) is 23.5 Å². The van der Waals surface area contributed by atoms with E-state index in [2.05, 4.69) is 61.2 Å². The zero-order valence-electron chi connectivity index (χ0n) is 15.6. The lowest BCUT2D eigenvalue weighted by molar-refractivity contribution is -0.0472. The van der Waals surface area contributed by atoms with Crippen LogP contribution in [0.15, 0.2) is 60.7 Å². The average Bonchev–Trinajstić information content (AvgIpc) is 2.67. The normalized spacial score (nSPS) is 19.5. The van der Waals surface area contributed by atoms with Gasteiger partial charge in [-0.3, -0.25) is 0 Å². The fourth-order valence-corrected chi connectivity index (χ4v) is 4.23. The monoisotopic (exact) mass is 337 g/mol. The van der Waals surface area contributed by atoms with E-state index in [-0.39, 0.29) is 11.8 Å². The predicted octanol–water partition coefficient (Wildman–Crippen LogP) is 4.80. The maximum atomic E-state index is 12.0. The van der Waals surface area contributed by atoms with Gasteiger partial charge in [-0.15, -0.1) is 0 Å². The molecule has 1 aliphatic heterocycles. The molecule has 1 heterocycles. The molecule has 2 unspecified atom stereocenters. The molecule has 2 aromatic carbocycles. The first-order chi connectivity index (χ1) is 12.1. The lowest BCUT2D eigenvalue weighted by Gasteiger charge is -2.43. The van der Waals surface area contributed by atoms with Gasteiger partial charge in [0.15, 0.2) is 0 Å². The van der Waals surface area contributed by atoms with E-state index in [0.29, 0.717) is 0 Å². The summed E-state index contributed by atoms with van der Waals surface area (Å²) < 4.78 is 0. The van der Waals surface area contributed by atoms with Gasteiger partial charge >= 0.3 is 0 Å². The van der Waals surface area contributed by atoms with E-state index < -0.39 is 5.60 Å². The number of nitrogens with zero attached hydrogens (tertiary/aromatic N) is 1. The van der Waals surface area contributed by atoms with E-state index in [9.17, 15) is 5.11 Å². The Hall–Kier alpha value is -1.64. The third-order valence-electron chi connectivity index (χ3n) is 5.74. The van der Waals surface area contributed by atoms with Crippen LogP contribution in [-0.4, -0.2) is 29.6 Å². The average molecular weight is 338 g/mol. The molecule has 1 aliphatic rings. The minimum Gasteiger partial charge on any atom is -0.384 e. The standard InChI is InChI=1S/C23H31NO/c1-19(2)23(25,21-14-8-4-9-15-21)22(20-12-6-3-7-13-20)18-24-16-10-5-11-17-24/h3-4,6-9,12-15,19,22,25H,5,10-11,16-18H2,1-2H3. The summed E-state index contributed by atoms with van der Waals surface area (Å²) in [5.41, 5.74) is 1.38. The fourth-order valence-electron chi connectivity index (χ4n) is 4.23. The first-order valence-corrected chi connectivity index (χ1v) is 9.67. The zero-order valence-corrected chi connectivity index (χ0v) is 15.6. The molecule has 0 amide bonds. The van der Waals surface area contributed by atoms with Crippen LogP contribution in [0.3, 0.4) is 0 Å². The van der Waals surface area contributed by atoms with Gasteiger partial charge in [0.25, 0.3) is 0 Å². The quantitative estimate of drug-likeness (QED) is 0.818. The largest absolute Gasteiger partial charge is 0.384 e. The van der Waals surface area contributed by atoms with Crippen LogP contribution in [0, 0.1) is 5.92 Å². The molecule has 0 radical (unpaired) electrons. The Morgan fingerprint density at radius 3 is 2.00 bits per heavy atom. The van der Waals surface area contributed by atoms with Crippen LogP contribution in [0.4, 0.5) is 0 Å². The van der Waals surface area contributed by atoms with Gasteiger partial charge in [-0.05, 0) is 43.0 Å². The highest BCUT2D eigenvalue weighted by molar-refractivity contribution is 5.32. The maximum absolute atomic E-state index is 12.0. The smallest absolute Gasteiger partial charge is 0.0999 e. The molecule has 0 aromatic heterocycles. The van der Waals surface area contributed by atoms with Crippen LogP contribution in [0.2, 0.25) is 0 Å². The van der Waals surface area contributed by atoms with Crippen molar-refractivity contribution in [1.82, 2.24) is 4.90 Å². The van der Waals surface area contributed by atoms with E-state index in [1.54, 1.807) is 0 Å². The summed E-state index contributed by atoms with van der Waals surface area (Å²) in [4.78, 5) is 2.54. The molecule has 25 heavy (non-hydrogen) atoms. The molecule has 0 bridgehead atoms. The first kappa shape index (κ1) is 18.2. The molecule has 134 valence electrons. The summed E-state index contributed by atoms with van der Waals surface area (Å²) in [6, 6.07) is 20.8. The Morgan fingerprint density at radius 1 is 0.880 bits per heavy atom. The van der Waals surface area contributed by atoms with Crippen molar-refractivity contribution in [2.24, 2.45) is 5.92 Å². The molecule has 2 atom stereocenters. The highest BCUT2D eigenvalue weighted by atomic mass is 16.3. The van der Waals surface area contributed by atoms with Gasteiger partial charge in [-0.1, -0.05) is 80.9 Å². The molecule has 2 aromatic rings. The lowest BCUT2D eigenvalue weighted by Crippen LogP contribution is -2.45. The van der Waals surface area contributed by atoms with E-state index in [1.807, 2.05) is 18.2 Å². The van der Waals surface area contributed by atoms with Crippen LogP contribution in [0.5, 0.6) is 0 Å². The van der Waals surface area contributed by atoms with Crippen LogP contribution in [0.25, 0.3) is 0 Å². The molecular weight excluding hydrogens is 306 g/mol. The van der Waals surface area contributed by atoms with Gasteiger partial charge in [-0.25, -0.2) is 0 Å². The number of benzene rings is 2. The minimum absolute atomic E-state index is 0.0641. The zero-order chi connectivity index (χ0) is 17.7. The van der Waals surface area contributed by atoms with Crippen molar-refractivity contribution in [3.05, 3.63) is 71.8 Å². The van der Waals surface area contributed by atoms with Gasteiger partial charge in [0.05, 0.1) is 5.60 Å². The maximum Gasteiger partial charge on any atom is 0.0999 e. The summed E-state index contributed by atoms with van der Waals surface area (Å²) in [5.74, 6) is 0.194. The van der Waals surface area contributed by atoms with E-state index >= 15 is 0 Å².